The lowest BCUT2D eigenvalue weighted by atomic mass is 10.1. The van der Waals surface area contributed by atoms with Gasteiger partial charge in [0.25, 0.3) is 0 Å². The lowest BCUT2D eigenvalue weighted by molar-refractivity contribution is -0.116. The van der Waals surface area contributed by atoms with E-state index in [4.69, 9.17) is 0 Å². The lowest BCUT2D eigenvalue weighted by Gasteiger charge is -2.15. The van der Waals surface area contributed by atoms with Crippen LogP contribution in [0.15, 0.2) is 47.4 Å². The van der Waals surface area contributed by atoms with Gasteiger partial charge in [0.15, 0.2) is 0 Å². The molecule has 0 aliphatic carbocycles. The molecule has 0 aromatic heterocycles. The number of hydrogen-bond donors (Lipinski definition) is 1. The van der Waals surface area contributed by atoms with Crippen molar-refractivity contribution in [2.45, 2.75) is 18.2 Å². The molecule has 0 spiro atoms. The highest BCUT2D eigenvalue weighted by Crippen LogP contribution is 2.31. The molecule has 2 aromatic carbocycles. The maximum Gasteiger partial charge on any atom is 0.234 e. The van der Waals surface area contributed by atoms with Crippen molar-refractivity contribution >= 4 is 35.0 Å². The molecule has 124 valence electrons. The molecule has 1 aliphatic rings. The minimum absolute atomic E-state index is 0.00379. The van der Waals surface area contributed by atoms with Crippen LogP contribution in [0.2, 0.25) is 0 Å². The summed E-state index contributed by atoms with van der Waals surface area (Å²) in [5.74, 6) is -0.197. The first-order chi connectivity index (χ1) is 11.5. The number of halogens is 1. The summed E-state index contributed by atoms with van der Waals surface area (Å²) in [5, 5.41) is 2.84. The van der Waals surface area contributed by atoms with Crippen molar-refractivity contribution in [1.82, 2.24) is 0 Å². The second-order valence-corrected chi connectivity index (χ2v) is 6.60. The van der Waals surface area contributed by atoms with E-state index in [0.717, 1.165) is 22.6 Å². The van der Waals surface area contributed by atoms with E-state index >= 15 is 0 Å². The molecule has 0 bridgehead atoms. The third kappa shape index (κ3) is 3.76. The van der Waals surface area contributed by atoms with Gasteiger partial charge in [0.05, 0.1) is 5.75 Å². The maximum absolute atomic E-state index is 12.9. The number of rotatable bonds is 4. The Bertz CT molecular complexity index is 777. The minimum Gasteiger partial charge on any atom is -0.325 e. The molecule has 1 N–H and O–H groups in total. The Balaban J connectivity index is 1.62. The highest BCUT2D eigenvalue weighted by molar-refractivity contribution is 8.00. The topological polar surface area (TPSA) is 49.4 Å². The minimum atomic E-state index is -0.294. The van der Waals surface area contributed by atoms with Crippen LogP contribution < -0.4 is 10.2 Å². The van der Waals surface area contributed by atoms with E-state index in [0.29, 0.717) is 12.2 Å². The summed E-state index contributed by atoms with van der Waals surface area (Å²) in [4.78, 5) is 26.3. The third-order valence-electron chi connectivity index (χ3n) is 3.83. The Hall–Kier alpha value is -2.34. The van der Waals surface area contributed by atoms with Crippen molar-refractivity contribution in [2.75, 3.05) is 22.5 Å². The fourth-order valence-corrected chi connectivity index (χ4v) is 3.36. The van der Waals surface area contributed by atoms with Crippen LogP contribution in [0.25, 0.3) is 0 Å². The number of nitrogens with zero attached hydrogens (tertiary/aromatic N) is 1. The molecule has 0 fully saturated rings. The van der Waals surface area contributed by atoms with E-state index in [-0.39, 0.29) is 23.4 Å². The van der Waals surface area contributed by atoms with E-state index in [9.17, 15) is 14.0 Å². The Kier molecular flexibility index (Phi) is 4.85. The predicted molar refractivity (Wildman–Crippen MR) is 93.9 cm³/mol. The van der Waals surface area contributed by atoms with Crippen molar-refractivity contribution in [3.63, 3.8) is 0 Å². The predicted octanol–water partition coefficient (Wildman–Crippen LogP) is 3.47. The highest BCUT2D eigenvalue weighted by Gasteiger charge is 2.22. The van der Waals surface area contributed by atoms with Crippen LogP contribution in [0.5, 0.6) is 0 Å². The second kappa shape index (κ2) is 7.05. The van der Waals surface area contributed by atoms with E-state index in [1.54, 1.807) is 24.0 Å². The summed E-state index contributed by atoms with van der Waals surface area (Å²) in [6.07, 6.45) is 0.837. The number of anilines is 2. The molecular formula is C18H17FN2O2S. The van der Waals surface area contributed by atoms with Crippen LogP contribution in [0, 0.1) is 5.82 Å². The fraction of sp³-hybridized carbons (Fsp3) is 0.222. The first-order valence-electron chi connectivity index (χ1n) is 7.62. The molecule has 1 heterocycles. The first-order valence-corrected chi connectivity index (χ1v) is 8.61. The average molecular weight is 344 g/mol. The molecular weight excluding hydrogens is 327 g/mol. The molecule has 0 unspecified atom stereocenters. The van der Waals surface area contributed by atoms with Gasteiger partial charge in [-0.1, -0.05) is 6.07 Å². The quantitative estimate of drug-likeness (QED) is 0.864. The van der Waals surface area contributed by atoms with E-state index in [2.05, 4.69) is 5.32 Å². The number of benzene rings is 2. The van der Waals surface area contributed by atoms with Gasteiger partial charge in [-0.05, 0) is 48.4 Å². The van der Waals surface area contributed by atoms with Gasteiger partial charge < -0.3 is 10.2 Å². The number of nitrogens with one attached hydrogen (secondary N) is 1. The van der Waals surface area contributed by atoms with Crippen LogP contribution in [0.4, 0.5) is 15.8 Å². The molecule has 6 heteroatoms. The molecule has 4 nitrogen and oxygen atoms in total. The number of thioether (sulfide) groups is 1. The van der Waals surface area contributed by atoms with Gasteiger partial charge in [0.2, 0.25) is 11.8 Å². The zero-order valence-corrected chi connectivity index (χ0v) is 14.0. The van der Waals surface area contributed by atoms with Crippen LogP contribution in [-0.2, 0) is 16.0 Å². The number of hydrogen-bond acceptors (Lipinski definition) is 3. The summed E-state index contributed by atoms with van der Waals surface area (Å²) in [6.45, 7) is 2.22. The normalized spacial score (nSPS) is 12.8. The van der Waals surface area contributed by atoms with Crippen LogP contribution in [0.3, 0.4) is 0 Å². The molecule has 0 saturated carbocycles. The van der Waals surface area contributed by atoms with Gasteiger partial charge in [-0.25, -0.2) is 4.39 Å². The summed E-state index contributed by atoms with van der Waals surface area (Å²) >= 11 is 1.34. The van der Waals surface area contributed by atoms with Gasteiger partial charge in [-0.15, -0.1) is 11.8 Å². The molecule has 1 aliphatic heterocycles. The third-order valence-corrected chi connectivity index (χ3v) is 4.84. The number of carbonyl (C=O) groups excluding carboxylic acids is 2. The SMILES string of the molecule is CC(=O)N1CCc2ccc(NC(=O)CSc3ccc(F)cc3)cc21. The molecule has 0 radical (unpaired) electrons. The van der Waals surface area contributed by atoms with E-state index in [1.807, 2.05) is 18.2 Å². The van der Waals surface area contributed by atoms with Crippen molar-refractivity contribution in [2.24, 2.45) is 0 Å². The van der Waals surface area contributed by atoms with Crippen molar-refractivity contribution in [3.05, 3.63) is 53.8 Å². The van der Waals surface area contributed by atoms with Gasteiger partial charge in [-0.3, -0.25) is 9.59 Å². The molecule has 2 aromatic rings. The molecule has 3 rings (SSSR count). The second-order valence-electron chi connectivity index (χ2n) is 5.55. The number of amides is 2. The molecule has 0 atom stereocenters. The van der Waals surface area contributed by atoms with Gasteiger partial charge in [0, 0.05) is 29.7 Å². The summed E-state index contributed by atoms with van der Waals surface area (Å²) in [5.41, 5.74) is 2.65. The zero-order valence-electron chi connectivity index (χ0n) is 13.2. The first kappa shape index (κ1) is 16.5. The maximum atomic E-state index is 12.9. The van der Waals surface area contributed by atoms with Crippen LogP contribution in [0.1, 0.15) is 12.5 Å². The number of fused-ring (bicyclic) bond motifs is 1. The van der Waals surface area contributed by atoms with Crippen LogP contribution in [-0.4, -0.2) is 24.1 Å². The van der Waals surface area contributed by atoms with Crippen molar-refractivity contribution in [3.8, 4) is 0 Å². The summed E-state index contributed by atoms with van der Waals surface area (Å²) in [6, 6.07) is 11.7. The van der Waals surface area contributed by atoms with Crippen LogP contribution >= 0.6 is 11.8 Å². The van der Waals surface area contributed by atoms with Gasteiger partial charge >= 0.3 is 0 Å². The van der Waals surface area contributed by atoms with Crippen molar-refractivity contribution in [1.29, 1.82) is 0 Å². The van der Waals surface area contributed by atoms with Gasteiger partial charge in [0.1, 0.15) is 5.82 Å². The smallest absolute Gasteiger partial charge is 0.234 e. The number of carbonyl (C=O) groups is 2. The average Bonchev–Trinajstić information content (AvgIpc) is 2.98. The van der Waals surface area contributed by atoms with Crippen molar-refractivity contribution < 1.29 is 14.0 Å². The Morgan fingerprint density at radius 2 is 1.96 bits per heavy atom. The van der Waals surface area contributed by atoms with E-state index < -0.39 is 0 Å². The Morgan fingerprint density at radius 1 is 1.21 bits per heavy atom. The molecule has 0 saturated heterocycles. The fourth-order valence-electron chi connectivity index (χ4n) is 2.66. The van der Waals surface area contributed by atoms with Gasteiger partial charge in [-0.2, -0.15) is 0 Å². The zero-order chi connectivity index (χ0) is 17.1. The Labute approximate surface area is 144 Å². The van der Waals surface area contributed by atoms with E-state index in [1.165, 1.54) is 23.9 Å². The summed E-state index contributed by atoms with van der Waals surface area (Å²) in [7, 11) is 0. The summed E-state index contributed by atoms with van der Waals surface area (Å²) < 4.78 is 12.9. The molecule has 24 heavy (non-hydrogen) atoms. The highest BCUT2D eigenvalue weighted by atomic mass is 32.2. The largest absolute Gasteiger partial charge is 0.325 e. The lowest BCUT2D eigenvalue weighted by Crippen LogP contribution is -2.25. The standard InChI is InChI=1S/C18H17FN2O2S/c1-12(22)21-9-8-13-2-5-15(10-17(13)21)20-18(23)11-24-16-6-3-14(19)4-7-16/h2-7,10H,8-9,11H2,1H3,(H,20,23). The monoisotopic (exact) mass is 344 g/mol. The molecule has 2 amide bonds. The Morgan fingerprint density at radius 3 is 2.67 bits per heavy atom.